The summed E-state index contributed by atoms with van der Waals surface area (Å²) in [4.78, 5) is 15.8. The maximum atomic E-state index is 13.0. The number of alkyl halides is 3. The van der Waals surface area contributed by atoms with Crippen LogP contribution in [0.2, 0.25) is 0 Å². The molecule has 0 bridgehead atoms. The first-order chi connectivity index (χ1) is 10.2. The third kappa shape index (κ3) is 3.18. The van der Waals surface area contributed by atoms with Crippen molar-refractivity contribution < 1.29 is 18.0 Å². The van der Waals surface area contributed by atoms with Gasteiger partial charge in [0, 0.05) is 23.5 Å². The minimum Gasteiger partial charge on any atom is -0.394 e. The van der Waals surface area contributed by atoms with Crippen LogP contribution in [0.4, 0.5) is 13.2 Å². The number of rotatable bonds is 3. The predicted octanol–water partition coefficient (Wildman–Crippen LogP) is 3.40. The van der Waals surface area contributed by atoms with Crippen molar-refractivity contribution in [3.63, 3.8) is 0 Å². The summed E-state index contributed by atoms with van der Waals surface area (Å²) in [6.07, 6.45) is -3.98. The number of ketones is 1. The summed E-state index contributed by atoms with van der Waals surface area (Å²) in [5, 5.41) is 0. The lowest BCUT2D eigenvalue weighted by Gasteiger charge is -2.27. The van der Waals surface area contributed by atoms with Gasteiger partial charge in [0.15, 0.2) is 5.78 Å². The van der Waals surface area contributed by atoms with Crippen LogP contribution in [-0.2, 0) is 4.79 Å². The second-order valence-corrected chi connectivity index (χ2v) is 8.36. The van der Waals surface area contributed by atoms with Crippen LogP contribution in [0.5, 0.6) is 0 Å². The first kappa shape index (κ1) is 17.7. The summed E-state index contributed by atoms with van der Waals surface area (Å²) in [5.74, 6) is 1.67. The normalized spacial score (nSPS) is 28.6. The molecule has 0 aromatic carbocycles. The summed E-state index contributed by atoms with van der Waals surface area (Å²) in [6.45, 7) is 3.57. The first-order valence-electron chi connectivity index (χ1n) is 7.13. The summed E-state index contributed by atoms with van der Waals surface area (Å²) in [5.41, 5.74) is 4.76. The van der Waals surface area contributed by atoms with E-state index in [1.807, 2.05) is 6.92 Å². The van der Waals surface area contributed by atoms with E-state index in [0.29, 0.717) is 12.1 Å². The molecular weight excluding hydrogens is 333 g/mol. The Kier molecular flexibility index (Phi) is 5.21. The molecule has 1 unspecified atom stereocenters. The molecule has 1 spiro atoms. The molecule has 1 saturated carbocycles. The zero-order valence-electron chi connectivity index (χ0n) is 12.5. The lowest BCUT2D eigenvalue weighted by atomic mass is 10.1. The van der Waals surface area contributed by atoms with Crippen LogP contribution < -0.4 is 5.73 Å². The molecule has 1 aliphatic carbocycles. The van der Waals surface area contributed by atoms with Gasteiger partial charge >= 0.3 is 6.18 Å². The van der Waals surface area contributed by atoms with Crippen LogP contribution in [0, 0.1) is 5.92 Å². The van der Waals surface area contributed by atoms with Crippen LogP contribution in [0.3, 0.4) is 0 Å². The molecule has 2 aliphatic rings. The summed E-state index contributed by atoms with van der Waals surface area (Å²) in [6, 6.07) is 0. The Morgan fingerprint density at radius 3 is 2.50 bits per heavy atom. The number of hydrogen-bond acceptors (Lipinski definition) is 5. The number of allylic oxidation sites excluding steroid dienone is 2. The predicted molar refractivity (Wildman–Crippen MR) is 86.3 cm³/mol. The number of nitrogens with two attached hydrogens (primary N) is 1. The third-order valence-corrected chi connectivity index (χ3v) is 7.76. The van der Waals surface area contributed by atoms with Crippen LogP contribution in [0.15, 0.2) is 16.3 Å². The first-order valence-corrected chi connectivity index (χ1v) is 9.10. The number of halogens is 3. The Bertz CT molecular complexity index is 523. The molecular formula is C14H19F3N2OS2. The number of carbonyl (C=O) groups excluding carboxylic acids is 1. The molecule has 1 aliphatic heterocycles. The minimum absolute atomic E-state index is 0.0105. The van der Waals surface area contributed by atoms with Crippen molar-refractivity contribution in [2.45, 2.75) is 36.9 Å². The van der Waals surface area contributed by atoms with Crippen molar-refractivity contribution >= 4 is 35.0 Å². The van der Waals surface area contributed by atoms with Gasteiger partial charge in [-0.1, -0.05) is 13.8 Å². The van der Waals surface area contributed by atoms with Crippen molar-refractivity contribution in [3.05, 3.63) is 11.3 Å². The molecule has 2 rings (SSSR count). The lowest BCUT2D eigenvalue weighted by molar-refractivity contribution is -0.117. The number of Topliss-reactive ketones (excluding diaryl/α,β-unsaturated/α-hetero) is 1. The van der Waals surface area contributed by atoms with E-state index >= 15 is 0 Å². The maximum absolute atomic E-state index is 13.0. The molecule has 0 aromatic rings. The van der Waals surface area contributed by atoms with E-state index in [-0.39, 0.29) is 30.2 Å². The van der Waals surface area contributed by atoms with Gasteiger partial charge < -0.3 is 5.73 Å². The highest BCUT2D eigenvalue weighted by molar-refractivity contribution is 8.22. The monoisotopic (exact) mass is 352 g/mol. The Morgan fingerprint density at radius 2 is 2.00 bits per heavy atom. The van der Waals surface area contributed by atoms with Crippen molar-refractivity contribution in [3.8, 4) is 0 Å². The van der Waals surface area contributed by atoms with Crippen LogP contribution in [0.25, 0.3) is 0 Å². The Balaban J connectivity index is 2.48. The van der Waals surface area contributed by atoms with E-state index in [4.69, 9.17) is 5.73 Å². The maximum Gasteiger partial charge on any atom is 0.431 e. The van der Waals surface area contributed by atoms with Gasteiger partial charge in [0.05, 0.1) is 12.3 Å². The zero-order chi connectivity index (χ0) is 16.5. The highest BCUT2D eigenvalue weighted by atomic mass is 32.2. The highest BCUT2D eigenvalue weighted by Gasteiger charge is 2.54. The summed E-state index contributed by atoms with van der Waals surface area (Å²) < 4.78 is 38.6. The van der Waals surface area contributed by atoms with Gasteiger partial charge in [-0.15, -0.1) is 23.5 Å². The smallest absolute Gasteiger partial charge is 0.394 e. The van der Waals surface area contributed by atoms with Gasteiger partial charge in [0.25, 0.3) is 0 Å². The van der Waals surface area contributed by atoms with E-state index < -0.39 is 16.0 Å². The van der Waals surface area contributed by atoms with E-state index in [0.717, 1.165) is 11.5 Å². The lowest BCUT2D eigenvalue weighted by Crippen LogP contribution is -2.32. The largest absolute Gasteiger partial charge is 0.431 e. The highest BCUT2D eigenvalue weighted by Crippen LogP contribution is 2.58. The Labute approximate surface area is 136 Å². The van der Waals surface area contributed by atoms with Crippen molar-refractivity contribution in [1.82, 2.24) is 0 Å². The van der Waals surface area contributed by atoms with E-state index in [1.165, 1.54) is 0 Å². The number of hydrogen-bond donors (Lipinski definition) is 1. The molecule has 0 amide bonds. The average molecular weight is 352 g/mol. The topological polar surface area (TPSA) is 55.5 Å². The molecule has 3 nitrogen and oxygen atoms in total. The molecule has 1 heterocycles. The van der Waals surface area contributed by atoms with Crippen molar-refractivity contribution in [2.75, 3.05) is 18.1 Å². The van der Waals surface area contributed by atoms with E-state index in [1.54, 1.807) is 30.4 Å². The van der Waals surface area contributed by atoms with Crippen LogP contribution in [0.1, 0.15) is 26.7 Å². The Morgan fingerprint density at radius 1 is 1.41 bits per heavy atom. The third-order valence-electron chi connectivity index (χ3n) is 3.93. The average Bonchev–Trinajstić information content (AvgIpc) is 3.03. The van der Waals surface area contributed by atoms with E-state index in [9.17, 15) is 18.0 Å². The summed E-state index contributed by atoms with van der Waals surface area (Å²) in [7, 11) is 0. The molecule has 8 heteroatoms. The van der Waals surface area contributed by atoms with E-state index in [2.05, 4.69) is 4.99 Å². The van der Waals surface area contributed by atoms with Crippen molar-refractivity contribution in [1.29, 1.82) is 0 Å². The molecule has 1 atom stereocenters. The van der Waals surface area contributed by atoms with Gasteiger partial charge in [-0.3, -0.25) is 9.79 Å². The molecule has 1 saturated heterocycles. The van der Waals surface area contributed by atoms with Crippen LogP contribution in [-0.4, -0.2) is 39.8 Å². The SMILES string of the molecule is CCC(=O)CN=C1C(=C(N)C(F)(F)F)CC(C)C12SCCS2. The number of thioether (sulfide) groups is 2. The standard InChI is InChI=1S/C14H19F3N2OS2/c1-3-9(20)7-19-12-10(11(18)14(15,16)17)6-8(2)13(12)21-4-5-22-13/h8H,3-7,18H2,1-2H3. The molecule has 2 N–H and O–H groups in total. The Hall–Kier alpha value is -0.630. The van der Waals surface area contributed by atoms with Gasteiger partial charge in [-0.2, -0.15) is 13.2 Å². The fourth-order valence-corrected chi connectivity index (χ4v) is 6.21. The quantitative estimate of drug-likeness (QED) is 0.846. The zero-order valence-corrected chi connectivity index (χ0v) is 14.1. The molecule has 0 radical (unpaired) electrons. The molecule has 0 aromatic heterocycles. The molecule has 124 valence electrons. The minimum atomic E-state index is -4.57. The van der Waals surface area contributed by atoms with Gasteiger partial charge in [0.1, 0.15) is 9.78 Å². The van der Waals surface area contributed by atoms with Crippen molar-refractivity contribution in [2.24, 2.45) is 16.6 Å². The van der Waals surface area contributed by atoms with Crippen LogP contribution >= 0.6 is 23.5 Å². The molecule has 22 heavy (non-hydrogen) atoms. The molecule has 2 fully saturated rings. The second-order valence-electron chi connectivity index (χ2n) is 5.42. The fourth-order valence-electron chi connectivity index (χ4n) is 2.72. The summed E-state index contributed by atoms with van der Waals surface area (Å²) >= 11 is 3.25. The number of carbonyl (C=O) groups is 1. The van der Waals surface area contributed by atoms with Gasteiger partial charge in [-0.05, 0) is 12.3 Å². The van der Waals surface area contributed by atoms with Gasteiger partial charge in [-0.25, -0.2) is 0 Å². The number of nitrogens with zero attached hydrogens (tertiary/aromatic N) is 1. The van der Waals surface area contributed by atoms with Gasteiger partial charge in [0.2, 0.25) is 0 Å². The fraction of sp³-hybridized carbons (Fsp3) is 0.714. The second kappa shape index (κ2) is 6.47. The number of aliphatic imine (C=N–C) groups is 1.